The number of rotatable bonds is 9. The maximum absolute atomic E-state index is 12.7. The number of fused-ring (bicyclic) bond motifs is 5. The first-order valence-corrected chi connectivity index (χ1v) is 15.6. The van der Waals surface area contributed by atoms with Crippen LogP contribution in [0, 0.1) is 34.5 Å². The zero-order chi connectivity index (χ0) is 31.8. The molecule has 11 nitrogen and oxygen atoms in total. The van der Waals surface area contributed by atoms with Crippen molar-refractivity contribution in [3.05, 3.63) is 35.4 Å². The topological polar surface area (TPSA) is 161 Å². The number of carbonyl (C=O) groups is 3. The normalized spacial score (nSPS) is 32.4. The SMILES string of the molecule is COC(=O)C(Cc1ccc([O-])c(N(O)O)c1)NC(=O)CON=C1C=C2CCC3C4CCC(C(C)=O)[C@@]4(C)CCC3[C@@]2(C)CC1. The van der Waals surface area contributed by atoms with Gasteiger partial charge in [0.05, 0.1) is 18.5 Å². The van der Waals surface area contributed by atoms with Gasteiger partial charge in [0, 0.05) is 12.3 Å². The zero-order valence-electron chi connectivity index (χ0n) is 26.0. The second-order valence-corrected chi connectivity index (χ2v) is 13.6. The molecule has 0 aliphatic heterocycles. The van der Waals surface area contributed by atoms with Gasteiger partial charge in [0.2, 0.25) is 0 Å². The number of amides is 1. The van der Waals surface area contributed by atoms with Gasteiger partial charge in [-0.15, -0.1) is 5.23 Å². The highest BCUT2D eigenvalue weighted by atomic mass is 16.8. The summed E-state index contributed by atoms with van der Waals surface area (Å²) in [5.41, 5.74) is 2.47. The summed E-state index contributed by atoms with van der Waals surface area (Å²) in [6.45, 7) is 6.15. The first-order chi connectivity index (χ1) is 20.9. The number of allylic oxidation sites excluding steroid dienone is 2. The van der Waals surface area contributed by atoms with Crippen molar-refractivity contribution in [3.63, 3.8) is 0 Å². The summed E-state index contributed by atoms with van der Waals surface area (Å²) in [5, 5.41) is 36.8. The highest BCUT2D eigenvalue weighted by molar-refractivity contribution is 5.96. The Hall–Kier alpha value is -3.44. The lowest BCUT2D eigenvalue weighted by Gasteiger charge is -2.58. The molecule has 0 aromatic heterocycles. The van der Waals surface area contributed by atoms with E-state index in [0.29, 0.717) is 29.1 Å². The van der Waals surface area contributed by atoms with Gasteiger partial charge in [0.15, 0.2) is 6.61 Å². The minimum Gasteiger partial charge on any atom is -0.871 e. The molecule has 1 aromatic rings. The molecule has 240 valence electrons. The van der Waals surface area contributed by atoms with E-state index in [2.05, 4.69) is 30.4 Å². The van der Waals surface area contributed by atoms with E-state index in [-0.39, 0.29) is 34.1 Å². The Labute approximate surface area is 258 Å². The molecule has 11 heteroatoms. The maximum atomic E-state index is 12.7. The van der Waals surface area contributed by atoms with E-state index in [0.717, 1.165) is 63.1 Å². The molecule has 4 aliphatic rings. The third kappa shape index (κ3) is 5.96. The van der Waals surface area contributed by atoms with Gasteiger partial charge in [-0.3, -0.25) is 20.0 Å². The molecule has 3 N–H and O–H groups in total. The van der Waals surface area contributed by atoms with Gasteiger partial charge in [-0.05, 0) is 105 Å². The lowest BCUT2D eigenvalue weighted by Crippen LogP contribution is -2.51. The summed E-state index contributed by atoms with van der Waals surface area (Å²) in [6, 6.07) is 2.70. The highest BCUT2D eigenvalue weighted by Gasteiger charge is 2.59. The van der Waals surface area contributed by atoms with Gasteiger partial charge in [0.25, 0.3) is 5.91 Å². The first-order valence-electron chi connectivity index (χ1n) is 15.6. The lowest BCUT2D eigenvalue weighted by atomic mass is 9.46. The Morgan fingerprint density at radius 3 is 2.59 bits per heavy atom. The molecule has 1 aromatic carbocycles. The number of anilines is 1. The molecule has 44 heavy (non-hydrogen) atoms. The Kier molecular flexibility index (Phi) is 9.09. The Morgan fingerprint density at radius 2 is 1.89 bits per heavy atom. The fourth-order valence-corrected chi connectivity index (χ4v) is 9.14. The number of oxime groups is 1. The van der Waals surface area contributed by atoms with Crippen LogP contribution < -0.4 is 15.6 Å². The average molecular weight is 611 g/mol. The van der Waals surface area contributed by atoms with Crippen LogP contribution in [-0.2, 0) is 30.4 Å². The molecular weight excluding hydrogens is 566 g/mol. The van der Waals surface area contributed by atoms with Crippen LogP contribution in [0.5, 0.6) is 5.75 Å². The molecule has 3 fully saturated rings. The van der Waals surface area contributed by atoms with Crippen LogP contribution in [-0.4, -0.2) is 53.5 Å². The van der Waals surface area contributed by atoms with Crippen molar-refractivity contribution >= 4 is 29.1 Å². The molecule has 3 saturated carbocycles. The predicted molar refractivity (Wildman–Crippen MR) is 159 cm³/mol. The molecule has 5 unspecified atom stereocenters. The third-order valence-corrected chi connectivity index (χ3v) is 11.3. The third-order valence-electron chi connectivity index (χ3n) is 11.3. The number of hydrogen-bond acceptors (Lipinski definition) is 10. The van der Waals surface area contributed by atoms with Crippen LogP contribution in [0.1, 0.15) is 77.7 Å². The number of ether oxygens (including phenoxy) is 1. The standard InChI is InChI=1S/C33H45N3O8/c1-19(37)24-8-9-25-23-7-6-21-17-22(11-13-32(21,2)26(23)12-14-33(24,25)3)35-44-18-30(39)34-27(31(40)43-4)15-20-5-10-29(38)28(16-20)36(41)42/h5,10,16-17,23-27,38,41-42H,6-9,11-15,18H2,1-4H3,(H,34,39)/p-1/t23?,24?,25?,26?,27?,32-,33+/m0/s1. The second-order valence-electron chi connectivity index (χ2n) is 13.6. The van der Waals surface area contributed by atoms with Crippen molar-refractivity contribution in [2.45, 2.75) is 84.6 Å². The molecule has 0 radical (unpaired) electrons. The number of carbonyl (C=O) groups excluding carboxylic acids is 3. The van der Waals surface area contributed by atoms with Gasteiger partial charge in [-0.2, -0.15) is 0 Å². The molecule has 0 spiro atoms. The summed E-state index contributed by atoms with van der Waals surface area (Å²) in [5.74, 6) is 0.543. The maximum Gasteiger partial charge on any atom is 0.328 e. The number of ketones is 1. The summed E-state index contributed by atoms with van der Waals surface area (Å²) < 4.78 is 4.81. The largest absolute Gasteiger partial charge is 0.871 e. The molecule has 0 heterocycles. The van der Waals surface area contributed by atoms with Crippen molar-refractivity contribution in [2.24, 2.45) is 39.7 Å². The minimum atomic E-state index is -1.09. The number of nitrogens with zero attached hydrogens (tertiary/aromatic N) is 2. The van der Waals surface area contributed by atoms with Crippen LogP contribution in [0.4, 0.5) is 5.69 Å². The number of methoxy groups -OCH3 is 1. The highest BCUT2D eigenvalue weighted by Crippen LogP contribution is 2.66. The van der Waals surface area contributed by atoms with Gasteiger partial charge < -0.3 is 20.0 Å². The van der Waals surface area contributed by atoms with Crippen LogP contribution in [0.3, 0.4) is 0 Å². The first kappa shape index (κ1) is 32.0. The molecule has 5 rings (SSSR count). The van der Waals surface area contributed by atoms with Crippen molar-refractivity contribution in [3.8, 4) is 5.75 Å². The molecule has 0 saturated heterocycles. The van der Waals surface area contributed by atoms with Crippen LogP contribution in [0.2, 0.25) is 0 Å². The smallest absolute Gasteiger partial charge is 0.328 e. The Balaban J connectivity index is 1.19. The number of nitrogens with one attached hydrogen (secondary N) is 1. The van der Waals surface area contributed by atoms with Gasteiger partial charge >= 0.3 is 5.97 Å². The van der Waals surface area contributed by atoms with E-state index < -0.39 is 30.3 Å². The fraction of sp³-hybridized carbons (Fsp3) is 0.636. The Bertz CT molecular complexity index is 1360. The summed E-state index contributed by atoms with van der Waals surface area (Å²) in [4.78, 5) is 42.9. The second kappa shape index (κ2) is 12.5. The number of hydrogen-bond donors (Lipinski definition) is 3. The monoisotopic (exact) mass is 610 g/mol. The minimum absolute atomic E-state index is 0.0453. The van der Waals surface area contributed by atoms with Crippen molar-refractivity contribution in [1.29, 1.82) is 0 Å². The van der Waals surface area contributed by atoms with Crippen molar-refractivity contribution in [1.82, 2.24) is 5.32 Å². The number of Topliss-reactive ketones (excluding diaryl/α,β-unsaturated/α-hetero) is 1. The molecule has 7 atom stereocenters. The van der Waals surface area contributed by atoms with E-state index in [4.69, 9.17) is 9.57 Å². The summed E-state index contributed by atoms with van der Waals surface area (Å²) >= 11 is 0. The van der Waals surface area contributed by atoms with E-state index in [1.165, 1.54) is 24.8 Å². The molecule has 4 aliphatic carbocycles. The molecule has 1 amide bonds. The Morgan fingerprint density at radius 1 is 1.11 bits per heavy atom. The predicted octanol–water partition coefficient (Wildman–Crippen LogP) is 4.09. The van der Waals surface area contributed by atoms with Crippen LogP contribution in [0.15, 0.2) is 35.0 Å². The van der Waals surface area contributed by atoms with E-state index >= 15 is 0 Å². The average Bonchev–Trinajstić information content (AvgIpc) is 3.35. The van der Waals surface area contributed by atoms with Gasteiger partial charge in [0.1, 0.15) is 11.8 Å². The summed E-state index contributed by atoms with van der Waals surface area (Å²) in [6.07, 6.45) is 10.4. The summed E-state index contributed by atoms with van der Waals surface area (Å²) in [7, 11) is 1.19. The van der Waals surface area contributed by atoms with Gasteiger partial charge in [-0.1, -0.05) is 42.5 Å². The zero-order valence-corrected chi connectivity index (χ0v) is 26.0. The van der Waals surface area contributed by atoms with Crippen LogP contribution in [0.25, 0.3) is 0 Å². The molecule has 0 bridgehead atoms. The number of esters is 1. The van der Waals surface area contributed by atoms with E-state index in [1.54, 1.807) is 6.92 Å². The van der Waals surface area contributed by atoms with E-state index in [1.807, 2.05) is 0 Å². The number of benzene rings is 1. The van der Waals surface area contributed by atoms with Crippen LogP contribution >= 0.6 is 0 Å². The van der Waals surface area contributed by atoms with E-state index in [9.17, 15) is 29.9 Å². The lowest BCUT2D eigenvalue weighted by molar-refractivity contribution is -0.268. The van der Waals surface area contributed by atoms with Gasteiger partial charge in [-0.25, -0.2) is 4.79 Å². The van der Waals surface area contributed by atoms with Crippen molar-refractivity contribution in [2.75, 3.05) is 18.9 Å². The quantitative estimate of drug-likeness (QED) is 0.276. The molecular formula is C33H44N3O8-. The van der Waals surface area contributed by atoms with Crippen molar-refractivity contribution < 1.29 is 39.5 Å². The fourth-order valence-electron chi connectivity index (χ4n) is 9.14.